The molecule has 1 aromatic rings. The first kappa shape index (κ1) is 10.6. The third-order valence-corrected chi connectivity index (χ3v) is 2.85. The van der Waals surface area contributed by atoms with E-state index in [1.54, 1.807) is 0 Å². The molecule has 5 heteroatoms. The average Bonchev–Trinajstić information content (AvgIpc) is 2.78. The van der Waals surface area contributed by atoms with Crippen molar-refractivity contribution < 1.29 is 4.52 Å². The van der Waals surface area contributed by atoms with Gasteiger partial charge in [0.1, 0.15) is 0 Å². The summed E-state index contributed by atoms with van der Waals surface area (Å²) in [6.07, 6.45) is 2.53. The van der Waals surface area contributed by atoms with Gasteiger partial charge in [0.25, 0.3) is 0 Å². The predicted molar refractivity (Wildman–Crippen MR) is 56.4 cm³/mol. The average molecular weight is 210 g/mol. The summed E-state index contributed by atoms with van der Waals surface area (Å²) in [4.78, 5) is 6.65. The number of aromatic nitrogens is 2. The zero-order valence-corrected chi connectivity index (χ0v) is 9.36. The van der Waals surface area contributed by atoms with Crippen LogP contribution in [0.1, 0.15) is 24.6 Å². The van der Waals surface area contributed by atoms with E-state index >= 15 is 0 Å². The van der Waals surface area contributed by atoms with E-state index in [-0.39, 0.29) is 0 Å². The Hall–Kier alpha value is -0.940. The van der Waals surface area contributed by atoms with Crippen LogP contribution in [0.4, 0.5) is 0 Å². The summed E-state index contributed by atoms with van der Waals surface area (Å²) in [7, 11) is 2.00. The van der Waals surface area contributed by atoms with Crippen LogP contribution in [0, 0.1) is 6.92 Å². The molecule has 15 heavy (non-hydrogen) atoms. The molecule has 1 N–H and O–H groups in total. The molecule has 1 saturated heterocycles. The lowest BCUT2D eigenvalue weighted by atomic mass is 10.2. The lowest BCUT2D eigenvalue weighted by Gasteiger charge is -2.22. The molecule has 2 rings (SSSR count). The molecule has 1 aliphatic heterocycles. The number of rotatable bonds is 4. The molecule has 1 aromatic heterocycles. The van der Waals surface area contributed by atoms with Gasteiger partial charge < -0.3 is 9.84 Å². The van der Waals surface area contributed by atoms with E-state index in [0.717, 1.165) is 25.5 Å². The number of hydrogen-bond acceptors (Lipinski definition) is 5. The summed E-state index contributed by atoms with van der Waals surface area (Å²) in [5.74, 6) is 1.45. The highest BCUT2D eigenvalue weighted by atomic mass is 16.5. The van der Waals surface area contributed by atoms with Gasteiger partial charge in [-0.15, -0.1) is 0 Å². The first-order chi connectivity index (χ1) is 7.29. The molecule has 0 radical (unpaired) electrons. The smallest absolute Gasteiger partial charge is 0.223 e. The Labute approximate surface area is 89.8 Å². The molecule has 0 aromatic carbocycles. The topological polar surface area (TPSA) is 54.2 Å². The zero-order chi connectivity index (χ0) is 10.7. The third kappa shape index (κ3) is 2.54. The number of hydrogen-bond donors (Lipinski definition) is 1. The van der Waals surface area contributed by atoms with Crippen molar-refractivity contribution in [1.29, 1.82) is 0 Å². The van der Waals surface area contributed by atoms with Crippen LogP contribution in [0.15, 0.2) is 4.52 Å². The van der Waals surface area contributed by atoms with Gasteiger partial charge in [-0.05, 0) is 26.4 Å². The Morgan fingerprint density at radius 3 is 3.13 bits per heavy atom. The lowest BCUT2D eigenvalue weighted by molar-refractivity contribution is 0.233. The second-order valence-corrected chi connectivity index (χ2v) is 4.05. The van der Waals surface area contributed by atoms with E-state index in [1.807, 2.05) is 14.0 Å². The van der Waals surface area contributed by atoms with Crippen LogP contribution in [-0.2, 0) is 6.54 Å². The van der Waals surface area contributed by atoms with Crippen LogP contribution < -0.4 is 5.32 Å². The van der Waals surface area contributed by atoms with E-state index in [0.29, 0.717) is 11.9 Å². The molecule has 0 saturated carbocycles. The Morgan fingerprint density at radius 1 is 1.60 bits per heavy atom. The number of aryl methyl sites for hydroxylation is 1. The fraction of sp³-hybridized carbons (Fsp3) is 0.800. The standard InChI is InChI=1S/C10H18N4O/c1-8-12-10(13-15-8)7-14-5-3-4-9(14)6-11-2/h9,11H,3-7H2,1-2H3. The second kappa shape index (κ2) is 4.72. The molecule has 84 valence electrons. The highest BCUT2D eigenvalue weighted by Crippen LogP contribution is 2.18. The minimum atomic E-state index is 0.619. The summed E-state index contributed by atoms with van der Waals surface area (Å²) < 4.78 is 4.97. The molecule has 0 spiro atoms. The fourth-order valence-electron chi connectivity index (χ4n) is 2.16. The second-order valence-electron chi connectivity index (χ2n) is 4.05. The number of nitrogens with one attached hydrogen (secondary N) is 1. The molecule has 0 aliphatic carbocycles. The largest absolute Gasteiger partial charge is 0.340 e. The third-order valence-electron chi connectivity index (χ3n) is 2.85. The van der Waals surface area contributed by atoms with Crippen LogP contribution in [0.3, 0.4) is 0 Å². The first-order valence-electron chi connectivity index (χ1n) is 5.47. The number of likely N-dealkylation sites (N-methyl/N-ethyl adjacent to an activating group) is 1. The van der Waals surface area contributed by atoms with Gasteiger partial charge in [0.15, 0.2) is 5.82 Å². The Morgan fingerprint density at radius 2 is 2.47 bits per heavy atom. The molecule has 1 fully saturated rings. The summed E-state index contributed by atoms with van der Waals surface area (Å²) in [5.41, 5.74) is 0. The van der Waals surface area contributed by atoms with Crippen LogP contribution in [0.5, 0.6) is 0 Å². The van der Waals surface area contributed by atoms with Crippen molar-refractivity contribution in [2.24, 2.45) is 0 Å². The van der Waals surface area contributed by atoms with Crippen molar-refractivity contribution in [3.8, 4) is 0 Å². The maximum Gasteiger partial charge on any atom is 0.223 e. The van der Waals surface area contributed by atoms with E-state index in [9.17, 15) is 0 Å². The molecule has 5 nitrogen and oxygen atoms in total. The summed E-state index contributed by atoms with van der Waals surface area (Å²) in [6, 6.07) is 0.619. The van der Waals surface area contributed by atoms with Crippen LogP contribution in [-0.4, -0.2) is 41.2 Å². The Kier molecular flexibility index (Phi) is 3.33. The van der Waals surface area contributed by atoms with Gasteiger partial charge in [-0.2, -0.15) is 4.98 Å². The Bertz CT molecular complexity index is 312. The highest BCUT2D eigenvalue weighted by molar-refractivity contribution is 4.88. The summed E-state index contributed by atoms with van der Waals surface area (Å²) in [5, 5.41) is 7.15. The van der Waals surface area contributed by atoms with Crippen LogP contribution >= 0.6 is 0 Å². The fourth-order valence-corrected chi connectivity index (χ4v) is 2.16. The quantitative estimate of drug-likeness (QED) is 0.787. The molecule has 1 atom stereocenters. The van der Waals surface area contributed by atoms with Crippen molar-refractivity contribution in [1.82, 2.24) is 20.4 Å². The van der Waals surface area contributed by atoms with Crippen molar-refractivity contribution in [2.45, 2.75) is 32.4 Å². The molecule has 1 unspecified atom stereocenters. The predicted octanol–water partition coefficient (Wildman–Crippen LogP) is 0.562. The normalized spacial score (nSPS) is 22.4. The molecule has 1 aliphatic rings. The van der Waals surface area contributed by atoms with Gasteiger partial charge in [-0.3, -0.25) is 4.90 Å². The minimum absolute atomic E-state index is 0.619. The lowest BCUT2D eigenvalue weighted by Crippen LogP contribution is -2.36. The summed E-state index contributed by atoms with van der Waals surface area (Å²) in [6.45, 7) is 4.81. The number of likely N-dealkylation sites (tertiary alicyclic amines) is 1. The summed E-state index contributed by atoms with van der Waals surface area (Å²) >= 11 is 0. The molecule has 2 heterocycles. The van der Waals surface area contributed by atoms with Gasteiger partial charge >= 0.3 is 0 Å². The first-order valence-corrected chi connectivity index (χ1v) is 5.47. The highest BCUT2D eigenvalue weighted by Gasteiger charge is 2.24. The van der Waals surface area contributed by atoms with E-state index in [1.165, 1.54) is 12.8 Å². The van der Waals surface area contributed by atoms with Gasteiger partial charge in [0, 0.05) is 19.5 Å². The van der Waals surface area contributed by atoms with Crippen molar-refractivity contribution >= 4 is 0 Å². The van der Waals surface area contributed by atoms with Crippen molar-refractivity contribution in [2.75, 3.05) is 20.1 Å². The van der Waals surface area contributed by atoms with Crippen LogP contribution in [0.2, 0.25) is 0 Å². The SMILES string of the molecule is CNCC1CCCN1Cc1noc(C)n1. The molecular weight excluding hydrogens is 192 g/mol. The van der Waals surface area contributed by atoms with E-state index in [2.05, 4.69) is 20.4 Å². The molecule has 0 bridgehead atoms. The maximum atomic E-state index is 4.97. The maximum absolute atomic E-state index is 4.97. The molecule has 0 amide bonds. The van der Waals surface area contributed by atoms with E-state index < -0.39 is 0 Å². The van der Waals surface area contributed by atoms with Crippen LogP contribution in [0.25, 0.3) is 0 Å². The Balaban J connectivity index is 1.93. The monoisotopic (exact) mass is 210 g/mol. The van der Waals surface area contributed by atoms with Gasteiger partial charge in [-0.25, -0.2) is 0 Å². The zero-order valence-electron chi connectivity index (χ0n) is 9.36. The van der Waals surface area contributed by atoms with Crippen molar-refractivity contribution in [3.05, 3.63) is 11.7 Å². The van der Waals surface area contributed by atoms with Gasteiger partial charge in [0.05, 0.1) is 6.54 Å². The van der Waals surface area contributed by atoms with Crippen molar-refractivity contribution in [3.63, 3.8) is 0 Å². The molecular formula is C10H18N4O. The number of nitrogens with zero attached hydrogens (tertiary/aromatic N) is 3. The minimum Gasteiger partial charge on any atom is -0.340 e. The van der Waals surface area contributed by atoms with Gasteiger partial charge in [0.2, 0.25) is 5.89 Å². The van der Waals surface area contributed by atoms with E-state index in [4.69, 9.17) is 4.52 Å². The van der Waals surface area contributed by atoms with Gasteiger partial charge in [-0.1, -0.05) is 5.16 Å².